The highest BCUT2D eigenvalue weighted by molar-refractivity contribution is 7.99. The second kappa shape index (κ2) is 20.1. The van der Waals surface area contributed by atoms with E-state index in [0.29, 0.717) is 18.7 Å². The number of nitrogens with one attached hydrogen (secondary N) is 3. The fourth-order valence-electron chi connectivity index (χ4n) is 5.13. The lowest BCUT2D eigenvalue weighted by atomic mass is 9.84. The van der Waals surface area contributed by atoms with Gasteiger partial charge in [-0.05, 0) is 25.0 Å². The standard InChI is InChI=1S/C29H56N6O11S/c1-29(2,14-36)26(43)27(44)34-8-7-19(38)33-9-11-47-10-5-3-4-6-18(37)35-13-17-22(40)23(41)20(32)28(45-17)46-25-16(31)12-15(30)21(39)24(25)42/h15-17,20-26,28,36,39-43H,3-14,30-32H2,1-2H3,(H,33,38)(H,34,44)(H,35,37)/t15-,16+,17-,20-,21+,22-,23-,24-,25-,26+,28-/m1/s1. The first kappa shape index (κ1) is 41.5. The Bertz CT molecular complexity index is 985. The second-order valence-electron chi connectivity index (χ2n) is 12.9. The molecule has 17 nitrogen and oxygen atoms in total. The van der Waals surface area contributed by atoms with Gasteiger partial charge in [-0.3, -0.25) is 14.4 Å². The predicted molar refractivity (Wildman–Crippen MR) is 172 cm³/mol. The number of rotatable bonds is 19. The van der Waals surface area contributed by atoms with Crippen LogP contribution in [-0.2, 0) is 23.9 Å². The summed E-state index contributed by atoms with van der Waals surface area (Å²) in [6, 6.07) is -2.64. The van der Waals surface area contributed by atoms with Crippen molar-refractivity contribution in [1.82, 2.24) is 16.0 Å². The van der Waals surface area contributed by atoms with Gasteiger partial charge in [0, 0.05) is 55.7 Å². The monoisotopic (exact) mass is 696 g/mol. The zero-order chi connectivity index (χ0) is 35.3. The Labute approximate surface area is 279 Å². The first-order valence-corrected chi connectivity index (χ1v) is 17.2. The number of carbonyl (C=O) groups is 3. The van der Waals surface area contributed by atoms with Gasteiger partial charge in [0.2, 0.25) is 17.7 Å². The van der Waals surface area contributed by atoms with E-state index in [1.54, 1.807) is 25.6 Å². The summed E-state index contributed by atoms with van der Waals surface area (Å²) in [4.78, 5) is 36.3. The van der Waals surface area contributed by atoms with Crippen LogP contribution in [0.15, 0.2) is 0 Å². The highest BCUT2D eigenvalue weighted by Gasteiger charge is 2.48. The van der Waals surface area contributed by atoms with Crippen molar-refractivity contribution in [3.05, 3.63) is 0 Å². The van der Waals surface area contributed by atoms with E-state index in [0.717, 1.165) is 18.6 Å². The van der Waals surface area contributed by atoms with E-state index in [2.05, 4.69) is 16.0 Å². The minimum absolute atomic E-state index is 0.0684. The van der Waals surface area contributed by atoms with Gasteiger partial charge >= 0.3 is 0 Å². The minimum Gasteiger partial charge on any atom is -0.396 e. The molecule has 1 saturated heterocycles. The first-order valence-electron chi connectivity index (χ1n) is 16.1. The number of carbonyl (C=O) groups excluding carboxylic acids is 3. The van der Waals surface area contributed by atoms with Crippen LogP contribution in [0.1, 0.15) is 52.4 Å². The quantitative estimate of drug-likeness (QED) is 0.0565. The highest BCUT2D eigenvalue weighted by atomic mass is 32.2. The average molecular weight is 697 g/mol. The van der Waals surface area contributed by atoms with Crippen LogP contribution in [-0.4, -0.2) is 153 Å². The Kier molecular flexibility index (Phi) is 17.7. The Morgan fingerprint density at radius 2 is 1.55 bits per heavy atom. The third-order valence-corrected chi connectivity index (χ3v) is 9.51. The molecule has 0 aromatic heterocycles. The maximum absolute atomic E-state index is 12.4. The molecule has 0 radical (unpaired) electrons. The van der Waals surface area contributed by atoms with Gasteiger partial charge < -0.3 is 73.3 Å². The van der Waals surface area contributed by atoms with Gasteiger partial charge in [0.25, 0.3) is 0 Å². The summed E-state index contributed by atoms with van der Waals surface area (Å²) in [5, 5.41) is 68.5. The zero-order valence-electron chi connectivity index (χ0n) is 27.2. The molecule has 274 valence electrons. The molecule has 18 heteroatoms. The molecule has 2 aliphatic rings. The molecule has 1 aliphatic heterocycles. The summed E-state index contributed by atoms with van der Waals surface area (Å²) in [6.07, 6.45) is -7.49. The lowest BCUT2D eigenvalue weighted by Crippen LogP contribution is -2.67. The van der Waals surface area contributed by atoms with Crippen molar-refractivity contribution in [3.8, 4) is 0 Å². The van der Waals surface area contributed by atoms with Crippen LogP contribution < -0.4 is 33.2 Å². The fraction of sp³-hybridized carbons (Fsp3) is 0.897. The third-order valence-electron chi connectivity index (χ3n) is 8.44. The van der Waals surface area contributed by atoms with Crippen molar-refractivity contribution in [2.45, 2.75) is 120 Å². The largest absolute Gasteiger partial charge is 0.396 e. The van der Waals surface area contributed by atoms with Crippen molar-refractivity contribution in [3.63, 3.8) is 0 Å². The number of amides is 3. The molecule has 0 aromatic carbocycles. The summed E-state index contributed by atoms with van der Waals surface area (Å²) >= 11 is 1.66. The van der Waals surface area contributed by atoms with E-state index < -0.39 is 78.5 Å². The Hall–Kier alpha value is -1.68. The minimum atomic E-state index is -1.44. The number of unbranched alkanes of at least 4 members (excludes halogenated alkanes) is 2. The van der Waals surface area contributed by atoms with Gasteiger partial charge in [-0.15, -0.1) is 0 Å². The van der Waals surface area contributed by atoms with Crippen LogP contribution in [0.4, 0.5) is 0 Å². The smallest absolute Gasteiger partial charge is 0.249 e. The maximum Gasteiger partial charge on any atom is 0.249 e. The molecule has 1 aliphatic carbocycles. The van der Waals surface area contributed by atoms with Crippen LogP contribution in [0.25, 0.3) is 0 Å². The van der Waals surface area contributed by atoms with Gasteiger partial charge in [0.05, 0.1) is 18.8 Å². The Morgan fingerprint density at radius 3 is 2.23 bits per heavy atom. The molecule has 15 N–H and O–H groups in total. The second-order valence-corrected chi connectivity index (χ2v) is 14.1. The van der Waals surface area contributed by atoms with Crippen LogP contribution >= 0.6 is 11.8 Å². The third kappa shape index (κ3) is 12.9. The summed E-state index contributed by atoms with van der Waals surface area (Å²) in [5.74, 6) is 0.420. The number of aliphatic hydroxyl groups is 6. The van der Waals surface area contributed by atoms with Gasteiger partial charge in [-0.25, -0.2) is 0 Å². The van der Waals surface area contributed by atoms with E-state index in [1.807, 2.05) is 0 Å². The fourth-order valence-corrected chi connectivity index (χ4v) is 5.99. The van der Waals surface area contributed by atoms with Gasteiger partial charge in [0.1, 0.15) is 36.6 Å². The van der Waals surface area contributed by atoms with Crippen molar-refractivity contribution < 1.29 is 54.5 Å². The molecule has 47 heavy (non-hydrogen) atoms. The number of nitrogens with two attached hydrogens (primary N) is 3. The normalized spacial score (nSPS) is 32.0. The van der Waals surface area contributed by atoms with Crippen LogP contribution in [0.5, 0.6) is 0 Å². The van der Waals surface area contributed by atoms with E-state index in [9.17, 15) is 45.0 Å². The molecule has 0 aromatic rings. The molecule has 0 bridgehead atoms. The van der Waals surface area contributed by atoms with Crippen molar-refractivity contribution in [1.29, 1.82) is 0 Å². The Balaban J connectivity index is 1.56. The number of ether oxygens (including phenoxy) is 2. The van der Waals surface area contributed by atoms with Crippen LogP contribution in [0, 0.1) is 5.41 Å². The molecule has 1 saturated carbocycles. The lowest BCUT2D eigenvalue weighted by Gasteiger charge is -2.45. The maximum atomic E-state index is 12.4. The SMILES string of the molecule is CC(C)(CO)[C@@H](O)C(=O)NCCC(=O)NCCSCCCCCC(=O)NC[C@H]1O[C@H](O[C@H]2[C@H](O)[C@@H](O)[C@H](N)C[C@@H]2N)[C@H](N)[C@@H](O)[C@@H]1O. The summed E-state index contributed by atoms with van der Waals surface area (Å²) < 4.78 is 11.5. The molecule has 2 fully saturated rings. The lowest BCUT2D eigenvalue weighted by molar-refractivity contribution is -0.288. The van der Waals surface area contributed by atoms with Crippen molar-refractivity contribution in [2.75, 3.05) is 37.7 Å². The number of hydrogen-bond donors (Lipinski definition) is 12. The summed E-state index contributed by atoms with van der Waals surface area (Å²) in [6.45, 7) is 3.19. The molecule has 0 unspecified atom stereocenters. The van der Waals surface area contributed by atoms with Crippen molar-refractivity contribution in [2.24, 2.45) is 22.6 Å². The molecule has 1 heterocycles. The molecule has 2 rings (SSSR count). The summed E-state index contributed by atoms with van der Waals surface area (Å²) in [7, 11) is 0. The average Bonchev–Trinajstić information content (AvgIpc) is 3.03. The van der Waals surface area contributed by atoms with Gasteiger partial charge in [-0.1, -0.05) is 20.3 Å². The predicted octanol–water partition coefficient (Wildman–Crippen LogP) is -4.66. The van der Waals surface area contributed by atoms with E-state index in [1.165, 1.54) is 0 Å². The zero-order valence-corrected chi connectivity index (χ0v) is 28.0. The molecule has 0 spiro atoms. The van der Waals surface area contributed by atoms with Crippen LogP contribution in [0.3, 0.4) is 0 Å². The van der Waals surface area contributed by atoms with Crippen molar-refractivity contribution >= 4 is 29.5 Å². The molecular formula is C29H56N6O11S. The number of hydrogen-bond acceptors (Lipinski definition) is 15. The molecule has 3 amide bonds. The number of thioether (sulfide) groups is 1. The topological polar surface area (TPSA) is 305 Å². The van der Waals surface area contributed by atoms with Gasteiger partial charge in [0.15, 0.2) is 6.29 Å². The van der Waals surface area contributed by atoms with E-state index in [4.69, 9.17) is 26.7 Å². The van der Waals surface area contributed by atoms with E-state index in [-0.39, 0.29) is 50.8 Å². The van der Waals surface area contributed by atoms with Gasteiger partial charge in [-0.2, -0.15) is 11.8 Å². The van der Waals surface area contributed by atoms with Crippen LogP contribution in [0.2, 0.25) is 0 Å². The van der Waals surface area contributed by atoms with E-state index >= 15 is 0 Å². The Morgan fingerprint density at radius 1 is 0.872 bits per heavy atom. The highest BCUT2D eigenvalue weighted by Crippen LogP contribution is 2.27. The summed E-state index contributed by atoms with van der Waals surface area (Å²) in [5.41, 5.74) is 16.9. The molecular weight excluding hydrogens is 640 g/mol. The molecule has 11 atom stereocenters. The number of aliphatic hydroxyl groups excluding tert-OH is 6. The first-order chi connectivity index (χ1) is 22.1.